The van der Waals surface area contributed by atoms with Crippen LogP contribution in [0.3, 0.4) is 0 Å². The number of nitrogens with one attached hydrogen (secondary N) is 1. The first kappa shape index (κ1) is 13.6. The molecule has 2 rings (SSSR count). The molecule has 0 aromatic heterocycles. The van der Waals surface area contributed by atoms with Crippen molar-refractivity contribution in [1.29, 1.82) is 0 Å². The van der Waals surface area contributed by atoms with Gasteiger partial charge in [0.2, 0.25) is 11.8 Å². The Morgan fingerprint density at radius 1 is 1.11 bits per heavy atom. The lowest BCUT2D eigenvalue weighted by Crippen LogP contribution is -2.38. The first-order chi connectivity index (χ1) is 9.08. The van der Waals surface area contributed by atoms with E-state index in [1.807, 2.05) is 12.2 Å². The zero-order valence-corrected chi connectivity index (χ0v) is 11.1. The van der Waals surface area contributed by atoms with Gasteiger partial charge in [-0.05, 0) is 37.1 Å². The van der Waals surface area contributed by atoms with Crippen molar-refractivity contribution < 1.29 is 9.59 Å². The van der Waals surface area contributed by atoms with Crippen molar-refractivity contribution in [3.8, 4) is 0 Å². The number of nitrogens with two attached hydrogens (primary N) is 1. The van der Waals surface area contributed by atoms with Crippen molar-refractivity contribution in [3.63, 3.8) is 0 Å². The molecule has 19 heavy (non-hydrogen) atoms. The molecule has 1 aromatic rings. The van der Waals surface area contributed by atoms with Crippen molar-refractivity contribution in [3.05, 3.63) is 41.4 Å². The van der Waals surface area contributed by atoms with E-state index in [0.29, 0.717) is 23.6 Å². The number of anilines is 1. The highest BCUT2D eigenvalue weighted by atomic mass is 35.5. The van der Waals surface area contributed by atoms with E-state index in [-0.39, 0.29) is 5.91 Å². The van der Waals surface area contributed by atoms with Gasteiger partial charge in [-0.2, -0.15) is 0 Å². The summed E-state index contributed by atoms with van der Waals surface area (Å²) in [6.07, 6.45) is 4.86. The quantitative estimate of drug-likeness (QED) is 0.833. The predicted molar refractivity (Wildman–Crippen MR) is 74.6 cm³/mol. The molecule has 3 N–H and O–H groups in total. The number of rotatable bonds is 3. The van der Waals surface area contributed by atoms with Crippen LogP contribution in [0, 0.1) is 11.8 Å². The van der Waals surface area contributed by atoms with Crippen molar-refractivity contribution in [2.45, 2.75) is 12.8 Å². The Bertz CT molecular complexity index is 511. The van der Waals surface area contributed by atoms with Gasteiger partial charge >= 0.3 is 0 Å². The Balaban J connectivity index is 2.08. The fraction of sp³-hybridized carbons (Fsp3) is 0.286. The molecule has 0 heterocycles. The van der Waals surface area contributed by atoms with Gasteiger partial charge in [0.05, 0.1) is 11.8 Å². The monoisotopic (exact) mass is 278 g/mol. The van der Waals surface area contributed by atoms with Gasteiger partial charge in [-0.1, -0.05) is 23.8 Å². The van der Waals surface area contributed by atoms with Crippen molar-refractivity contribution in [1.82, 2.24) is 0 Å². The Labute approximate surface area is 116 Å². The maximum absolute atomic E-state index is 12.2. The maximum Gasteiger partial charge on any atom is 0.228 e. The Hall–Kier alpha value is -1.81. The van der Waals surface area contributed by atoms with E-state index >= 15 is 0 Å². The third-order valence-electron chi connectivity index (χ3n) is 3.25. The second-order valence-corrected chi connectivity index (χ2v) is 4.99. The average molecular weight is 279 g/mol. The summed E-state index contributed by atoms with van der Waals surface area (Å²) in [5.41, 5.74) is 6.00. The summed E-state index contributed by atoms with van der Waals surface area (Å²) in [5, 5.41) is 3.39. The van der Waals surface area contributed by atoms with E-state index in [4.69, 9.17) is 17.3 Å². The Morgan fingerprint density at radius 2 is 1.68 bits per heavy atom. The molecular weight excluding hydrogens is 264 g/mol. The summed E-state index contributed by atoms with van der Waals surface area (Å²) in [7, 11) is 0. The van der Waals surface area contributed by atoms with Crippen LogP contribution in [0.4, 0.5) is 5.69 Å². The molecule has 1 aliphatic rings. The molecule has 2 amide bonds. The van der Waals surface area contributed by atoms with E-state index in [0.717, 1.165) is 0 Å². The minimum Gasteiger partial charge on any atom is -0.369 e. The van der Waals surface area contributed by atoms with Gasteiger partial charge in [0.15, 0.2) is 0 Å². The van der Waals surface area contributed by atoms with E-state index in [1.165, 1.54) is 0 Å². The summed E-state index contributed by atoms with van der Waals surface area (Å²) >= 11 is 5.78. The number of halogens is 1. The summed E-state index contributed by atoms with van der Waals surface area (Å²) in [4.78, 5) is 23.5. The molecule has 100 valence electrons. The number of benzene rings is 1. The standard InChI is InChI=1S/C14H15ClN2O2/c15-9-5-7-10(8-6-9)17-14(19)12-4-2-1-3-11(12)13(16)18/h1-2,5-8,11-12H,3-4H2,(H2,16,18)(H,17,19). The molecule has 4 nitrogen and oxygen atoms in total. The third-order valence-corrected chi connectivity index (χ3v) is 3.50. The van der Waals surface area contributed by atoms with Gasteiger partial charge in [-0.15, -0.1) is 0 Å². The first-order valence-electron chi connectivity index (χ1n) is 6.08. The van der Waals surface area contributed by atoms with E-state index < -0.39 is 17.7 Å². The highest BCUT2D eigenvalue weighted by Gasteiger charge is 2.32. The molecule has 1 aromatic carbocycles. The molecule has 0 spiro atoms. The molecular formula is C14H15ClN2O2. The number of hydrogen-bond donors (Lipinski definition) is 2. The lowest BCUT2D eigenvalue weighted by atomic mass is 9.82. The number of carbonyl (C=O) groups is 2. The van der Waals surface area contributed by atoms with E-state index in [9.17, 15) is 9.59 Å². The van der Waals surface area contributed by atoms with Crippen molar-refractivity contribution >= 4 is 29.1 Å². The topological polar surface area (TPSA) is 72.2 Å². The van der Waals surface area contributed by atoms with Gasteiger partial charge in [-0.3, -0.25) is 9.59 Å². The molecule has 0 saturated carbocycles. The van der Waals surface area contributed by atoms with Gasteiger partial charge in [-0.25, -0.2) is 0 Å². The van der Waals surface area contributed by atoms with Gasteiger partial charge in [0.25, 0.3) is 0 Å². The van der Waals surface area contributed by atoms with E-state index in [2.05, 4.69) is 5.32 Å². The Kier molecular flexibility index (Phi) is 4.22. The fourth-order valence-electron chi connectivity index (χ4n) is 2.19. The maximum atomic E-state index is 12.2. The molecule has 0 aliphatic heterocycles. The fourth-order valence-corrected chi connectivity index (χ4v) is 2.31. The number of carbonyl (C=O) groups excluding carboxylic acids is 2. The minimum absolute atomic E-state index is 0.185. The summed E-state index contributed by atoms with van der Waals surface area (Å²) < 4.78 is 0. The first-order valence-corrected chi connectivity index (χ1v) is 6.46. The molecule has 1 aliphatic carbocycles. The average Bonchev–Trinajstić information content (AvgIpc) is 2.41. The van der Waals surface area contributed by atoms with Gasteiger partial charge < -0.3 is 11.1 Å². The van der Waals surface area contributed by atoms with Crippen molar-refractivity contribution in [2.24, 2.45) is 17.6 Å². The normalized spacial score (nSPS) is 21.9. The van der Waals surface area contributed by atoms with Crippen LogP contribution in [0.15, 0.2) is 36.4 Å². The molecule has 0 radical (unpaired) electrons. The number of primary amides is 1. The summed E-state index contributed by atoms with van der Waals surface area (Å²) in [5.74, 6) is -1.45. The van der Waals surface area contributed by atoms with Crippen LogP contribution in [0.2, 0.25) is 5.02 Å². The van der Waals surface area contributed by atoms with Crippen LogP contribution in [0.5, 0.6) is 0 Å². The SMILES string of the molecule is NC(=O)C1CC=CCC1C(=O)Nc1ccc(Cl)cc1. The number of allylic oxidation sites excluding steroid dienone is 2. The second kappa shape index (κ2) is 5.89. The minimum atomic E-state index is -0.433. The smallest absolute Gasteiger partial charge is 0.228 e. The summed E-state index contributed by atoms with van der Waals surface area (Å²) in [6.45, 7) is 0. The highest BCUT2D eigenvalue weighted by Crippen LogP contribution is 2.27. The van der Waals surface area contributed by atoms with E-state index in [1.54, 1.807) is 24.3 Å². The highest BCUT2D eigenvalue weighted by molar-refractivity contribution is 6.30. The molecule has 0 bridgehead atoms. The zero-order chi connectivity index (χ0) is 13.8. The van der Waals surface area contributed by atoms with Crippen LogP contribution < -0.4 is 11.1 Å². The molecule has 0 fully saturated rings. The van der Waals surface area contributed by atoms with Crippen LogP contribution in [-0.2, 0) is 9.59 Å². The summed E-state index contributed by atoms with van der Waals surface area (Å²) in [6, 6.07) is 6.84. The number of hydrogen-bond acceptors (Lipinski definition) is 2. The Morgan fingerprint density at radius 3 is 2.26 bits per heavy atom. The zero-order valence-electron chi connectivity index (χ0n) is 10.3. The van der Waals surface area contributed by atoms with Crippen LogP contribution in [0.1, 0.15) is 12.8 Å². The third kappa shape index (κ3) is 3.35. The molecule has 2 atom stereocenters. The lowest BCUT2D eigenvalue weighted by Gasteiger charge is -2.24. The largest absolute Gasteiger partial charge is 0.369 e. The van der Waals surface area contributed by atoms with Crippen molar-refractivity contribution in [2.75, 3.05) is 5.32 Å². The number of amides is 2. The predicted octanol–water partition coefficient (Wildman–Crippen LogP) is 2.35. The van der Waals surface area contributed by atoms with Crippen LogP contribution in [-0.4, -0.2) is 11.8 Å². The van der Waals surface area contributed by atoms with Gasteiger partial charge in [0, 0.05) is 10.7 Å². The molecule has 2 unspecified atom stereocenters. The van der Waals surface area contributed by atoms with Gasteiger partial charge in [0.1, 0.15) is 0 Å². The van der Waals surface area contributed by atoms with Crippen LogP contribution >= 0.6 is 11.6 Å². The molecule has 5 heteroatoms. The van der Waals surface area contributed by atoms with Crippen LogP contribution in [0.25, 0.3) is 0 Å². The molecule has 0 saturated heterocycles. The lowest BCUT2D eigenvalue weighted by molar-refractivity contribution is -0.130. The second-order valence-electron chi connectivity index (χ2n) is 4.55.